The number of hydrogen-bond acceptors (Lipinski definition) is 7. The Balaban J connectivity index is 1.84. The molecule has 0 radical (unpaired) electrons. The fourth-order valence-electron chi connectivity index (χ4n) is 4.16. The summed E-state index contributed by atoms with van der Waals surface area (Å²) in [5.74, 6) is -2.78. The molecule has 2 heterocycles. The molecule has 1 aromatic carbocycles. The van der Waals surface area contributed by atoms with Gasteiger partial charge in [-0.2, -0.15) is 0 Å². The van der Waals surface area contributed by atoms with E-state index in [0.717, 1.165) is 5.69 Å². The number of benzene rings is 1. The zero-order valence-electron chi connectivity index (χ0n) is 23.7. The van der Waals surface area contributed by atoms with Gasteiger partial charge in [-0.3, -0.25) is 29.0 Å². The van der Waals surface area contributed by atoms with Crippen molar-refractivity contribution in [1.82, 2.24) is 31.6 Å². The average Bonchev–Trinajstić information content (AvgIpc) is 2.94. The van der Waals surface area contributed by atoms with Crippen LogP contribution >= 0.6 is 0 Å². The summed E-state index contributed by atoms with van der Waals surface area (Å²) in [7, 11) is 0. The van der Waals surface area contributed by atoms with Crippen molar-refractivity contribution in [2.75, 3.05) is 13.2 Å². The van der Waals surface area contributed by atoms with Crippen LogP contribution in [0.4, 0.5) is 0 Å². The smallest absolute Gasteiger partial charge is 0.255 e. The molecule has 0 fully saturated rings. The fraction of sp³-hybridized carbons (Fsp3) is 0.448. The molecule has 0 bridgehead atoms. The van der Waals surface area contributed by atoms with Crippen LogP contribution in [0.3, 0.4) is 0 Å². The summed E-state index contributed by atoms with van der Waals surface area (Å²) in [6, 6.07) is 8.39. The van der Waals surface area contributed by atoms with Gasteiger partial charge in [0.2, 0.25) is 23.6 Å². The normalized spacial score (nSPS) is 22.7. The highest BCUT2D eigenvalue weighted by Crippen LogP contribution is 2.19. The number of rotatable bonds is 5. The van der Waals surface area contributed by atoms with Crippen molar-refractivity contribution >= 4 is 29.5 Å². The van der Waals surface area contributed by atoms with Crippen molar-refractivity contribution in [3.8, 4) is 5.75 Å². The van der Waals surface area contributed by atoms with Crippen molar-refractivity contribution in [3.05, 3.63) is 59.9 Å². The molecule has 0 saturated heterocycles. The molecule has 0 aliphatic carbocycles. The molecule has 0 spiro atoms. The van der Waals surface area contributed by atoms with Gasteiger partial charge in [0.1, 0.15) is 30.5 Å². The summed E-state index contributed by atoms with van der Waals surface area (Å²) in [4.78, 5) is 69.4. The number of aromatic nitrogens is 1. The highest BCUT2D eigenvalue weighted by Gasteiger charge is 2.30. The van der Waals surface area contributed by atoms with E-state index in [4.69, 9.17) is 4.74 Å². The van der Waals surface area contributed by atoms with Crippen molar-refractivity contribution in [1.29, 1.82) is 0 Å². The first-order valence-electron chi connectivity index (χ1n) is 13.7. The predicted molar refractivity (Wildman–Crippen MR) is 151 cm³/mol. The first kappa shape index (κ1) is 31.1. The first-order chi connectivity index (χ1) is 19.5. The van der Waals surface area contributed by atoms with Gasteiger partial charge in [-0.25, -0.2) is 0 Å². The van der Waals surface area contributed by atoms with Gasteiger partial charge >= 0.3 is 0 Å². The van der Waals surface area contributed by atoms with Crippen molar-refractivity contribution in [3.63, 3.8) is 0 Å². The number of ether oxygens (including phenoxy) is 1. The Bertz CT molecular complexity index is 1240. The molecule has 5 amide bonds. The van der Waals surface area contributed by atoms with Crippen LogP contribution < -0.4 is 31.3 Å². The minimum absolute atomic E-state index is 0.0443. The topological polar surface area (TPSA) is 168 Å². The summed E-state index contributed by atoms with van der Waals surface area (Å²) < 4.78 is 5.86. The second-order valence-corrected chi connectivity index (χ2v) is 10.3. The summed E-state index contributed by atoms with van der Waals surface area (Å²) in [5, 5.41) is 13.5. The highest BCUT2D eigenvalue weighted by molar-refractivity contribution is 6.01. The Morgan fingerprint density at radius 2 is 1.71 bits per heavy atom. The van der Waals surface area contributed by atoms with Gasteiger partial charge in [-0.15, -0.1) is 0 Å². The average molecular weight is 567 g/mol. The van der Waals surface area contributed by atoms with Gasteiger partial charge in [-0.1, -0.05) is 32.0 Å². The summed E-state index contributed by atoms with van der Waals surface area (Å²) in [6.45, 7) is 7.08. The van der Waals surface area contributed by atoms with Crippen molar-refractivity contribution in [2.45, 2.75) is 64.7 Å². The molecule has 220 valence electrons. The quantitative estimate of drug-likeness (QED) is 0.351. The molecule has 3 rings (SSSR count). The molecule has 0 unspecified atom stereocenters. The Morgan fingerprint density at radius 1 is 0.976 bits per heavy atom. The molecular formula is C29H38N6O6. The number of fused-ring (bicyclic) bond motifs is 1. The third-order valence-corrected chi connectivity index (χ3v) is 6.44. The molecular weight excluding hydrogens is 528 g/mol. The van der Waals surface area contributed by atoms with Gasteiger partial charge in [-0.05, 0) is 44.0 Å². The molecule has 12 heteroatoms. The number of carbonyl (C=O) groups is 5. The largest absolute Gasteiger partial charge is 0.491 e. The van der Waals surface area contributed by atoms with Crippen LogP contribution in [-0.2, 0) is 25.6 Å². The second-order valence-electron chi connectivity index (χ2n) is 10.3. The Labute approximate surface area is 239 Å². The fourth-order valence-corrected chi connectivity index (χ4v) is 4.16. The van der Waals surface area contributed by atoms with Gasteiger partial charge in [0.05, 0.1) is 18.0 Å². The van der Waals surface area contributed by atoms with Gasteiger partial charge in [0, 0.05) is 24.9 Å². The maximum Gasteiger partial charge on any atom is 0.255 e. The highest BCUT2D eigenvalue weighted by atomic mass is 16.5. The maximum absolute atomic E-state index is 13.3. The number of para-hydroxylation sites is 1. The first-order valence-corrected chi connectivity index (χ1v) is 13.7. The van der Waals surface area contributed by atoms with E-state index >= 15 is 0 Å². The Kier molecular flexibility index (Phi) is 11.2. The van der Waals surface area contributed by atoms with Gasteiger partial charge in [0.25, 0.3) is 5.91 Å². The van der Waals surface area contributed by atoms with Crippen LogP contribution in [-0.4, -0.2) is 71.8 Å². The Morgan fingerprint density at radius 3 is 2.41 bits per heavy atom. The molecule has 2 aromatic rings. The van der Waals surface area contributed by atoms with Crippen LogP contribution in [0.5, 0.6) is 5.75 Å². The minimum Gasteiger partial charge on any atom is -0.491 e. The van der Waals surface area contributed by atoms with E-state index in [9.17, 15) is 24.0 Å². The number of carbonyl (C=O) groups excluding carboxylic acids is 5. The van der Waals surface area contributed by atoms with E-state index in [2.05, 4.69) is 31.6 Å². The molecule has 5 N–H and O–H groups in total. The van der Waals surface area contributed by atoms with Crippen LogP contribution in [0.25, 0.3) is 0 Å². The van der Waals surface area contributed by atoms with Crippen LogP contribution in [0.2, 0.25) is 0 Å². The molecule has 0 saturated carbocycles. The lowest BCUT2D eigenvalue weighted by Crippen LogP contribution is -2.56. The van der Waals surface area contributed by atoms with Crippen molar-refractivity contribution in [2.24, 2.45) is 5.92 Å². The second kappa shape index (κ2) is 14.8. The van der Waals surface area contributed by atoms with Gasteiger partial charge < -0.3 is 31.3 Å². The monoisotopic (exact) mass is 566 g/mol. The van der Waals surface area contributed by atoms with Crippen molar-refractivity contribution < 1.29 is 28.7 Å². The standard InChI is InChI=1S/C29H38N6O6/c1-17(2)25-29(40)32-18(3)16-41-23-11-6-5-10-21(23)27(38)34-22(15-24(36)33-19(4)26(37)35-25)28(39)31-14-12-20-9-7-8-13-30-20/h5-11,13,17-19,22,25H,12,14-16H2,1-4H3,(H,31,39)(H,32,40)(H,33,36)(H,34,38)(H,35,37)/t18-,19-,22-,25+/m0/s1. The van der Waals surface area contributed by atoms with Crippen LogP contribution in [0.1, 0.15) is 50.2 Å². The van der Waals surface area contributed by atoms with E-state index in [1.807, 2.05) is 12.1 Å². The molecule has 1 aliphatic heterocycles. The lowest BCUT2D eigenvalue weighted by atomic mass is 10.0. The molecule has 1 aliphatic rings. The lowest BCUT2D eigenvalue weighted by molar-refractivity contribution is -0.133. The van der Waals surface area contributed by atoms with E-state index in [1.165, 1.54) is 13.0 Å². The Hall–Kier alpha value is -4.48. The van der Waals surface area contributed by atoms with E-state index in [-0.39, 0.29) is 30.4 Å². The maximum atomic E-state index is 13.3. The third-order valence-electron chi connectivity index (χ3n) is 6.44. The molecule has 4 atom stereocenters. The van der Waals surface area contributed by atoms with E-state index < -0.39 is 60.1 Å². The molecule has 1 aromatic heterocycles. The van der Waals surface area contributed by atoms with E-state index in [1.54, 1.807) is 51.2 Å². The number of pyridine rings is 1. The summed E-state index contributed by atoms with van der Waals surface area (Å²) in [5.41, 5.74) is 0.934. The van der Waals surface area contributed by atoms with E-state index in [0.29, 0.717) is 6.42 Å². The predicted octanol–water partition coefficient (Wildman–Crippen LogP) is 0.472. The SMILES string of the molecule is CC(C)[C@H]1NC(=O)[C@H](C)NC(=O)C[C@@H](C(=O)NCCc2ccccn2)NC(=O)c2ccccc2OC[C@H](C)NC1=O. The van der Waals surface area contributed by atoms with Gasteiger partial charge in [0.15, 0.2) is 0 Å². The number of nitrogens with zero attached hydrogens (tertiary/aromatic N) is 1. The van der Waals surface area contributed by atoms with Crippen LogP contribution in [0, 0.1) is 5.92 Å². The lowest BCUT2D eigenvalue weighted by Gasteiger charge is -2.25. The number of nitrogens with one attached hydrogen (secondary N) is 5. The summed E-state index contributed by atoms with van der Waals surface area (Å²) >= 11 is 0. The third kappa shape index (κ3) is 9.30. The zero-order valence-corrected chi connectivity index (χ0v) is 23.7. The number of hydrogen-bond donors (Lipinski definition) is 5. The minimum atomic E-state index is -1.24. The molecule has 12 nitrogen and oxygen atoms in total. The zero-order chi connectivity index (χ0) is 29.9. The van der Waals surface area contributed by atoms with Crippen LogP contribution in [0.15, 0.2) is 48.7 Å². The molecule has 41 heavy (non-hydrogen) atoms. The number of amides is 5. The summed E-state index contributed by atoms with van der Waals surface area (Å²) in [6.07, 6.45) is 1.68.